The molecule has 3 aromatic rings. The number of nitro benzene ring substituents is 1. The molecule has 0 aliphatic heterocycles. The van der Waals surface area contributed by atoms with Crippen LogP contribution in [0.2, 0.25) is 5.02 Å². The van der Waals surface area contributed by atoms with E-state index in [1.807, 2.05) is 13.8 Å². The van der Waals surface area contributed by atoms with Gasteiger partial charge in [-0.05, 0) is 29.2 Å². The van der Waals surface area contributed by atoms with Gasteiger partial charge in [0.2, 0.25) is 5.91 Å². The molecule has 0 unspecified atom stereocenters. The molecule has 178 valence electrons. The Bertz CT molecular complexity index is 1270. The SMILES string of the molecule is CC(C)Cn1cnc(-c2cccc([N+](=O)[O-])c2)c(CC(=O)NCc2cc(Cl)ccc2CO)c1=O. The van der Waals surface area contributed by atoms with Crippen LogP contribution >= 0.6 is 11.6 Å². The van der Waals surface area contributed by atoms with E-state index in [4.69, 9.17) is 11.6 Å². The number of nitrogens with zero attached hydrogens (tertiary/aromatic N) is 3. The summed E-state index contributed by atoms with van der Waals surface area (Å²) in [6.45, 7) is 4.23. The summed E-state index contributed by atoms with van der Waals surface area (Å²) in [6, 6.07) is 10.8. The van der Waals surface area contributed by atoms with Gasteiger partial charge in [0.1, 0.15) is 0 Å². The Kier molecular flexibility index (Phi) is 8.14. The van der Waals surface area contributed by atoms with Crippen molar-refractivity contribution in [3.8, 4) is 11.3 Å². The lowest BCUT2D eigenvalue weighted by Crippen LogP contribution is -2.32. The van der Waals surface area contributed by atoms with Crippen LogP contribution in [0, 0.1) is 16.0 Å². The Hall–Kier alpha value is -3.56. The van der Waals surface area contributed by atoms with Gasteiger partial charge in [-0.15, -0.1) is 0 Å². The van der Waals surface area contributed by atoms with Gasteiger partial charge in [0, 0.05) is 35.8 Å². The highest BCUT2D eigenvalue weighted by Gasteiger charge is 2.19. The number of nitrogens with one attached hydrogen (secondary N) is 1. The van der Waals surface area contributed by atoms with Crippen LogP contribution in [0.1, 0.15) is 30.5 Å². The Labute approximate surface area is 201 Å². The maximum Gasteiger partial charge on any atom is 0.270 e. The molecule has 0 bridgehead atoms. The molecule has 1 heterocycles. The predicted octanol–water partition coefficient (Wildman–Crippen LogP) is 3.48. The number of halogens is 1. The standard InChI is InChI=1S/C24H25ClN4O5/c1-15(2)12-28-14-27-23(16-4-3-5-20(9-16)29(33)34)21(24(28)32)10-22(31)26-11-18-8-19(25)7-6-17(18)13-30/h3-9,14-15,30H,10-13H2,1-2H3,(H,26,31). The van der Waals surface area contributed by atoms with E-state index in [-0.39, 0.29) is 48.0 Å². The Morgan fingerprint density at radius 1 is 1.24 bits per heavy atom. The average molecular weight is 485 g/mol. The highest BCUT2D eigenvalue weighted by molar-refractivity contribution is 6.30. The third kappa shape index (κ3) is 6.06. The van der Waals surface area contributed by atoms with Crippen molar-refractivity contribution in [1.29, 1.82) is 0 Å². The molecule has 9 nitrogen and oxygen atoms in total. The second kappa shape index (κ2) is 11.0. The molecule has 0 spiro atoms. The molecule has 0 saturated heterocycles. The number of aromatic nitrogens is 2. The fourth-order valence-electron chi connectivity index (χ4n) is 3.56. The average Bonchev–Trinajstić information content (AvgIpc) is 2.80. The highest BCUT2D eigenvalue weighted by atomic mass is 35.5. The summed E-state index contributed by atoms with van der Waals surface area (Å²) < 4.78 is 1.44. The zero-order chi connectivity index (χ0) is 24.8. The number of carbonyl (C=O) groups is 1. The Balaban J connectivity index is 1.94. The highest BCUT2D eigenvalue weighted by Crippen LogP contribution is 2.24. The number of benzene rings is 2. The molecule has 0 aliphatic carbocycles. The van der Waals surface area contributed by atoms with Crippen molar-refractivity contribution in [3.63, 3.8) is 0 Å². The van der Waals surface area contributed by atoms with Crippen LogP contribution in [0.15, 0.2) is 53.6 Å². The van der Waals surface area contributed by atoms with Crippen LogP contribution in [0.3, 0.4) is 0 Å². The molecular formula is C24H25ClN4O5. The zero-order valence-corrected chi connectivity index (χ0v) is 19.6. The number of non-ortho nitro benzene ring substituents is 1. The number of aliphatic hydroxyl groups is 1. The first-order valence-corrected chi connectivity index (χ1v) is 11.1. The molecule has 0 fully saturated rings. The summed E-state index contributed by atoms with van der Waals surface area (Å²) in [5, 5.41) is 24.0. The van der Waals surface area contributed by atoms with Crippen molar-refractivity contribution < 1.29 is 14.8 Å². The number of amides is 1. The smallest absolute Gasteiger partial charge is 0.270 e. The minimum atomic E-state index is -0.528. The second-order valence-electron chi connectivity index (χ2n) is 8.26. The Morgan fingerprint density at radius 3 is 2.68 bits per heavy atom. The number of hydrogen-bond donors (Lipinski definition) is 2. The fraction of sp³-hybridized carbons (Fsp3) is 0.292. The van der Waals surface area contributed by atoms with E-state index in [1.54, 1.807) is 24.3 Å². The van der Waals surface area contributed by atoms with E-state index in [1.165, 1.54) is 29.1 Å². The van der Waals surface area contributed by atoms with Gasteiger partial charge < -0.3 is 10.4 Å². The second-order valence-corrected chi connectivity index (χ2v) is 8.69. The van der Waals surface area contributed by atoms with E-state index in [0.29, 0.717) is 28.3 Å². The molecule has 2 aromatic carbocycles. The third-order valence-corrected chi connectivity index (χ3v) is 5.41. The molecule has 0 radical (unpaired) electrons. The van der Waals surface area contributed by atoms with Gasteiger partial charge in [0.05, 0.1) is 35.5 Å². The van der Waals surface area contributed by atoms with Crippen LogP contribution in [0.5, 0.6) is 0 Å². The largest absolute Gasteiger partial charge is 0.392 e. The van der Waals surface area contributed by atoms with Gasteiger partial charge in [-0.1, -0.05) is 43.6 Å². The minimum absolute atomic E-state index is 0.113. The zero-order valence-electron chi connectivity index (χ0n) is 18.8. The lowest BCUT2D eigenvalue weighted by atomic mass is 10.0. The first-order valence-electron chi connectivity index (χ1n) is 10.7. The van der Waals surface area contributed by atoms with Crippen LogP contribution in [0.4, 0.5) is 5.69 Å². The summed E-state index contributed by atoms with van der Waals surface area (Å²) in [6.07, 6.45) is 1.13. The van der Waals surface area contributed by atoms with Gasteiger partial charge in [0.25, 0.3) is 11.2 Å². The molecule has 1 aromatic heterocycles. The van der Waals surface area contributed by atoms with Crippen LogP contribution in [0.25, 0.3) is 11.3 Å². The van der Waals surface area contributed by atoms with Crippen molar-refractivity contribution in [2.45, 2.75) is 40.0 Å². The number of aliphatic hydroxyl groups excluding tert-OH is 1. The molecule has 3 rings (SSSR count). The number of carbonyl (C=O) groups excluding carboxylic acids is 1. The lowest BCUT2D eigenvalue weighted by Gasteiger charge is -2.14. The van der Waals surface area contributed by atoms with E-state index in [0.717, 1.165) is 0 Å². The predicted molar refractivity (Wildman–Crippen MR) is 128 cm³/mol. The van der Waals surface area contributed by atoms with Gasteiger partial charge in [-0.3, -0.25) is 24.3 Å². The normalized spacial score (nSPS) is 11.0. The van der Waals surface area contributed by atoms with Gasteiger partial charge in [0.15, 0.2) is 0 Å². The quantitative estimate of drug-likeness (QED) is 0.353. The van der Waals surface area contributed by atoms with Crippen molar-refractivity contribution >= 4 is 23.2 Å². The maximum absolute atomic E-state index is 13.2. The van der Waals surface area contributed by atoms with Crippen molar-refractivity contribution in [1.82, 2.24) is 14.9 Å². The van der Waals surface area contributed by atoms with Gasteiger partial charge >= 0.3 is 0 Å². The van der Waals surface area contributed by atoms with Gasteiger partial charge in [-0.25, -0.2) is 4.98 Å². The maximum atomic E-state index is 13.2. The molecule has 2 N–H and O–H groups in total. The van der Waals surface area contributed by atoms with E-state index in [2.05, 4.69) is 10.3 Å². The van der Waals surface area contributed by atoms with E-state index in [9.17, 15) is 24.8 Å². The van der Waals surface area contributed by atoms with Crippen LogP contribution in [-0.4, -0.2) is 25.5 Å². The molecule has 10 heteroatoms. The molecular weight excluding hydrogens is 460 g/mol. The van der Waals surface area contributed by atoms with Crippen LogP contribution in [-0.2, 0) is 30.9 Å². The summed E-state index contributed by atoms with van der Waals surface area (Å²) >= 11 is 6.03. The number of rotatable bonds is 9. The number of nitro groups is 1. The van der Waals surface area contributed by atoms with Crippen molar-refractivity contribution in [2.75, 3.05) is 0 Å². The first kappa shape index (κ1) is 25.1. The van der Waals surface area contributed by atoms with Crippen LogP contribution < -0.4 is 10.9 Å². The topological polar surface area (TPSA) is 127 Å². The fourth-order valence-corrected chi connectivity index (χ4v) is 3.76. The number of hydrogen-bond acceptors (Lipinski definition) is 6. The monoisotopic (exact) mass is 484 g/mol. The molecule has 0 atom stereocenters. The first-order chi connectivity index (χ1) is 16.2. The summed E-state index contributed by atoms with van der Waals surface area (Å²) in [4.78, 5) is 41.1. The van der Waals surface area contributed by atoms with Crippen molar-refractivity contribution in [2.24, 2.45) is 5.92 Å². The van der Waals surface area contributed by atoms with E-state index >= 15 is 0 Å². The molecule has 0 saturated carbocycles. The third-order valence-electron chi connectivity index (χ3n) is 5.18. The summed E-state index contributed by atoms with van der Waals surface area (Å²) in [7, 11) is 0. The molecule has 34 heavy (non-hydrogen) atoms. The molecule has 0 aliphatic rings. The lowest BCUT2D eigenvalue weighted by molar-refractivity contribution is -0.384. The Morgan fingerprint density at radius 2 is 2.00 bits per heavy atom. The molecule has 1 amide bonds. The minimum Gasteiger partial charge on any atom is -0.392 e. The summed E-state index contributed by atoms with van der Waals surface area (Å²) in [5.74, 6) is -0.263. The summed E-state index contributed by atoms with van der Waals surface area (Å²) in [5.41, 5.74) is 1.52. The van der Waals surface area contributed by atoms with E-state index < -0.39 is 10.8 Å². The van der Waals surface area contributed by atoms with Gasteiger partial charge in [-0.2, -0.15) is 0 Å². The van der Waals surface area contributed by atoms with Crippen molar-refractivity contribution in [3.05, 3.63) is 91.0 Å².